The largest absolute Gasteiger partial charge is 0.339 e. The molecule has 0 N–H and O–H groups in total. The maximum Gasteiger partial charge on any atom is 0.332 e. The molecule has 2 aromatic heterocycles. The first-order valence-electron chi connectivity index (χ1n) is 10.1. The van der Waals surface area contributed by atoms with Crippen molar-refractivity contribution in [2.45, 2.75) is 13.1 Å². The molecule has 0 saturated carbocycles. The SMILES string of the molecule is Cn1cnc2c1c(=O)n(CC(=O)N1CCN(Cc3cccc([N+](=O)[O-])c3)CC1)c(=O)n2C. The maximum absolute atomic E-state index is 12.8. The fraction of sp³-hybridized carbons (Fsp3) is 0.400. The van der Waals surface area contributed by atoms with Crippen LogP contribution in [-0.4, -0.2) is 65.5 Å². The monoisotopic (exact) mass is 441 g/mol. The van der Waals surface area contributed by atoms with E-state index in [1.54, 1.807) is 24.1 Å². The van der Waals surface area contributed by atoms with E-state index in [0.717, 1.165) is 10.1 Å². The Morgan fingerprint density at radius 3 is 2.56 bits per heavy atom. The number of nitro benzene ring substituents is 1. The van der Waals surface area contributed by atoms with Crippen LogP contribution in [-0.2, 0) is 32.0 Å². The topological polar surface area (TPSA) is 129 Å². The molecule has 0 radical (unpaired) electrons. The van der Waals surface area contributed by atoms with Crippen molar-refractivity contribution < 1.29 is 9.72 Å². The summed E-state index contributed by atoms with van der Waals surface area (Å²) in [5, 5.41) is 11.0. The van der Waals surface area contributed by atoms with E-state index in [1.165, 1.54) is 28.6 Å². The summed E-state index contributed by atoms with van der Waals surface area (Å²) in [4.78, 5) is 56.6. The van der Waals surface area contributed by atoms with Gasteiger partial charge >= 0.3 is 5.69 Å². The lowest BCUT2D eigenvalue weighted by Gasteiger charge is -2.34. The lowest BCUT2D eigenvalue weighted by Crippen LogP contribution is -2.51. The quantitative estimate of drug-likeness (QED) is 0.392. The van der Waals surface area contributed by atoms with Gasteiger partial charge in [0.05, 0.1) is 11.3 Å². The van der Waals surface area contributed by atoms with Crippen LogP contribution in [0.2, 0.25) is 0 Å². The molecule has 3 aromatic rings. The Hall–Kier alpha value is -3.80. The van der Waals surface area contributed by atoms with Gasteiger partial charge in [-0.25, -0.2) is 14.3 Å². The highest BCUT2D eigenvalue weighted by Crippen LogP contribution is 2.16. The first kappa shape index (κ1) is 21.4. The van der Waals surface area contributed by atoms with E-state index in [2.05, 4.69) is 9.88 Å². The predicted octanol–water partition coefficient (Wildman–Crippen LogP) is -0.314. The number of rotatable bonds is 5. The molecule has 3 heterocycles. The molecule has 1 amide bonds. The second kappa shape index (κ2) is 8.38. The summed E-state index contributed by atoms with van der Waals surface area (Å²) in [5.41, 5.74) is 0.300. The highest BCUT2D eigenvalue weighted by Gasteiger charge is 2.24. The number of fused-ring (bicyclic) bond motifs is 1. The van der Waals surface area contributed by atoms with E-state index in [0.29, 0.717) is 32.7 Å². The Balaban J connectivity index is 1.43. The average Bonchev–Trinajstić information content (AvgIpc) is 3.17. The van der Waals surface area contributed by atoms with Gasteiger partial charge in [0.2, 0.25) is 5.91 Å². The van der Waals surface area contributed by atoms with Gasteiger partial charge in [-0.15, -0.1) is 0 Å². The first-order valence-corrected chi connectivity index (χ1v) is 10.1. The van der Waals surface area contributed by atoms with E-state index in [4.69, 9.17) is 0 Å². The third kappa shape index (κ3) is 3.91. The van der Waals surface area contributed by atoms with Crippen LogP contribution in [0.3, 0.4) is 0 Å². The van der Waals surface area contributed by atoms with E-state index < -0.39 is 16.2 Å². The van der Waals surface area contributed by atoms with Gasteiger partial charge in [0.1, 0.15) is 6.54 Å². The fourth-order valence-electron chi connectivity index (χ4n) is 3.95. The van der Waals surface area contributed by atoms with Crippen molar-refractivity contribution in [2.75, 3.05) is 26.2 Å². The highest BCUT2D eigenvalue weighted by atomic mass is 16.6. The fourth-order valence-corrected chi connectivity index (χ4v) is 3.95. The van der Waals surface area contributed by atoms with Gasteiger partial charge in [0.15, 0.2) is 11.2 Å². The third-order valence-corrected chi connectivity index (χ3v) is 5.75. The van der Waals surface area contributed by atoms with Crippen LogP contribution >= 0.6 is 0 Å². The number of carbonyl (C=O) groups is 1. The van der Waals surface area contributed by atoms with Crippen LogP contribution in [0, 0.1) is 10.1 Å². The Labute approximate surface area is 182 Å². The Kier molecular flexibility index (Phi) is 5.61. The van der Waals surface area contributed by atoms with Gasteiger partial charge in [-0.05, 0) is 5.56 Å². The summed E-state index contributed by atoms with van der Waals surface area (Å²) in [6.07, 6.45) is 1.46. The molecule has 1 aliphatic rings. The zero-order valence-electron chi connectivity index (χ0n) is 17.8. The van der Waals surface area contributed by atoms with Crippen LogP contribution in [0.25, 0.3) is 11.2 Å². The molecule has 1 fully saturated rings. The Morgan fingerprint density at radius 1 is 1.16 bits per heavy atom. The smallest absolute Gasteiger partial charge is 0.332 e. The Bertz CT molecular complexity index is 1310. The minimum absolute atomic E-state index is 0.0497. The first-order chi connectivity index (χ1) is 15.3. The molecular formula is C20H23N7O5. The van der Waals surface area contributed by atoms with Gasteiger partial charge in [0, 0.05) is 59.0 Å². The number of imidazole rings is 1. The number of carbonyl (C=O) groups excluding carboxylic acids is 1. The highest BCUT2D eigenvalue weighted by molar-refractivity contribution is 5.77. The van der Waals surface area contributed by atoms with Crippen molar-refractivity contribution in [1.29, 1.82) is 0 Å². The molecule has 0 unspecified atom stereocenters. The number of aromatic nitrogens is 4. The Morgan fingerprint density at radius 2 is 1.88 bits per heavy atom. The van der Waals surface area contributed by atoms with Crippen molar-refractivity contribution in [2.24, 2.45) is 14.1 Å². The van der Waals surface area contributed by atoms with Crippen LogP contribution in [0.15, 0.2) is 40.2 Å². The second-order valence-electron chi connectivity index (χ2n) is 7.84. The van der Waals surface area contributed by atoms with Crippen LogP contribution < -0.4 is 11.2 Å². The molecule has 0 spiro atoms. The molecule has 0 aliphatic carbocycles. The minimum Gasteiger partial charge on any atom is -0.339 e. The number of piperazine rings is 1. The predicted molar refractivity (Wildman–Crippen MR) is 115 cm³/mol. The zero-order chi connectivity index (χ0) is 23.0. The molecule has 32 heavy (non-hydrogen) atoms. The molecule has 4 rings (SSSR count). The molecule has 1 saturated heterocycles. The number of hydrogen-bond donors (Lipinski definition) is 0. The molecule has 1 aliphatic heterocycles. The standard InChI is InChI=1S/C20H23N7O5/c1-22-13-21-18-17(22)19(29)26(20(30)23(18)2)12-16(28)25-8-6-24(7-9-25)11-14-4-3-5-15(10-14)27(31)32/h3-5,10,13H,6-9,11-12H2,1-2H3. The number of aryl methyl sites for hydroxylation is 2. The van der Waals surface area contributed by atoms with Gasteiger partial charge in [0.25, 0.3) is 11.2 Å². The third-order valence-electron chi connectivity index (χ3n) is 5.75. The molecule has 12 heteroatoms. The van der Waals surface area contributed by atoms with E-state index >= 15 is 0 Å². The molecule has 0 bridgehead atoms. The lowest BCUT2D eigenvalue weighted by molar-refractivity contribution is -0.384. The summed E-state index contributed by atoms with van der Waals surface area (Å²) >= 11 is 0. The number of nitrogens with zero attached hydrogens (tertiary/aromatic N) is 7. The number of non-ortho nitro benzene ring substituents is 1. The summed E-state index contributed by atoms with van der Waals surface area (Å²) in [5.74, 6) is -0.305. The summed E-state index contributed by atoms with van der Waals surface area (Å²) in [6.45, 7) is 2.26. The normalized spacial score (nSPS) is 14.8. The van der Waals surface area contributed by atoms with Crippen molar-refractivity contribution >= 4 is 22.8 Å². The molecular weight excluding hydrogens is 418 g/mol. The van der Waals surface area contributed by atoms with Crippen LogP contribution in [0.4, 0.5) is 5.69 Å². The van der Waals surface area contributed by atoms with Crippen LogP contribution in [0.1, 0.15) is 5.56 Å². The van der Waals surface area contributed by atoms with Gasteiger partial charge in [-0.2, -0.15) is 0 Å². The zero-order valence-corrected chi connectivity index (χ0v) is 17.8. The van der Waals surface area contributed by atoms with Gasteiger partial charge < -0.3 is 9.47 Å². The molecule has 168 valence electrons. The summed E-state index contributed by atoms with van der Waals surface area (Å²) in [7, 11) is 3.18. The van der Waals surface area contributed by atoms with Crippen molar-refractivity contribution in [3.8, 4) is 0 Å². The van der Waals surface area contributed by atoms with Crippen molar-refractivity contribution in [1.82, 2.24) is 28.5 Å². The summed E-state index contributed by atoms with van der Waals surface area (Å²) < 4.78 is 3.74. The number of benzene rings is 1. The van der Waals surface area contributed by atoms with Gasteiger partial charge in [-0.1, -0.05) is 12.1 Å². The van der Waals surface area contributed by atoms with E-state index in [-0.39, 0.29) is 29.3 Å². The maximum atomic E-state index is 12.8. The van der Waals surface area contributed by atoms with Gasteiger partial charge in [-0.3, -0.25) is 29.2 Å². The molecule has 0 atom stereocenters. The number of nitro groups is 1. The minimum atomic E-state index is -0.584. The lowest BCUT2D eigenvalue weighted by atomic mass is 10.1. The van der Waals surface area contributed by atoms with Crippen LogP contribution in [0.5, 0.6) is 0 Å². The second-order valence-corrected chi connectivity index (χ2v) is 7.84. The number of amides is 1. The van der Waals surface area contributed by atoms with E-state index in [9.17, 15) is 24.5 Å². The molecule has 12 nitrogen and oxygen atoms in total. The van der Waals surface area contributed by atoms with Crippen molar-refractivity contribution in [3.63, 3.8) is 0 Å². The molecule has 1 aromatic carbocycles. The van der Waals surface area contributed by atoms with Crippen molar-refractivity contribution in [3.05, 3.63) is 67.1 Å². The average molecular weight is 441 g/mol. The number of hydrogen-bond acceptors (Lipinski definition) is 7. The van der Waals surface area contributed by atoms with E-state index in [1.807, 2.05) is 6.07 Å². The summed E-state index contributed by atoms with van der Waals surface area (Å²) in [6, 6.07) is 6.50.